The van der Waals surface area contributed by atoms with E-state index in [-0.39, 0.29) is 12.6 Å². The standard InChI is InChI=1S/C14H23N3O/c1-2-6-16-7-9-17(10-8-16)14(12-18)13-4-3-5-15-11-13/h3-5,11,14,18H,2,6-10,12H2,1H3. The molecular weight excluding hydrogens is 226 g/mol. The smallest absolute Gasteiger partial charge is 0.0629 e. The molecule has 1 aromatic rings. The Morgan fingerprint density at radius 3 is 2.67 bits per heavy atom. The van der Waals surface area contributed by atoms with Crippen LogP contribution in [0.3, 0.4) is 0 Å². The van der Waals surface area contributed by atoms with Gasteiger partial charge in [0.2, 0.25) is 0 Å². The fraction of sp³-hybridized carbons (Fsp3) is 0.643. The lowest BCUT2D eigenvalue weighted by Crippen LogP contribution is -2.48. The predicted molar refractivity (Wildman–Crippen MR) is 72.4 cm³/mol. The van der Waals surface area contributed by atoms with Crippen molar-refractivity contribution in [2.24, 2.45) is 0 Å². The second-order valence-electron chi connectivity index (χ2n) is 4.86. The van der Waals surface area contributed by atoms with Gasteiger partial charge in [0.25, 0.3) is 0 Å². The Bertz CT molecular complexity index is 336. The van der Waals surface area contributed by atoms with E-state index in [1.165, 1.54) is 13.0 Å². The summed E-state index contributed by atoms with van der Waals surface area (Å²) in [6.07, 6.45) is 4.85. The second-order valence-corrected chi connectivity index (χ2v) is 4.86. The number of pyridine rings is 1. The van der Waals surface area contributed by atoms with Crippen molar-refractivity contribution in [2.45, 2.75) is 19.4 Å². The molecule has 4 heteroatoms. The molecule has 2 rings (SSSR count). The topological polar surface area (TPSA) is 39.6 Å². The number of hydrogen-bond acceptors (Lipinski definition) is 4. The van der Waals surface area contributed by atoms with Crippen LogP contribution in [-0.2, 0) is 0 Å². The largest absolute Gasteiger partial charge is 0.394 e. The van der Waals surface area contributed by atoms with Gasteiger partial charge in [-0.1, -0.05) is 13.0 Å². The van der Waals surface area contributed by atoms with Crippen molar-refractivity contribution in [1.82, 2.24) is 14.8 Å². The highest BCUT2D eigenvalue weighted by Crippen LogP contribution is 2.20. The monoisotopic (exact) mass is 249 g/mol. The molecule has 0 radical (unpaired) electrons. The highest BCUT2D eigenvalue weighted by Gasteiger charge is 2.24. The maximum Gasteiger partial charge on any atom is 0.0629 e. The lowest BCUT2D eigenvalue weighted by molar-refractivity contribution is 0.0650. The summed E-state index contributed by atoms with van der Waals surface area (Å²) < 4.78 is 0. The minimum absolute atomic E-state index is 0.0995. The van der Waals surface area contributed by atoms with Crippen molar-refractivity contribution in [3.8, 4) is 0 Å². The van der Waals surface area contributed by atoms with E-state index in [1.807, 2.05) is 18.3 Å². The zero-order chi connectivity index (χ0) is 12.8. The molecule has 1 atom stereocenters. The molecule has 1 aliphatic rings. The Labute approximate surface area is 109 Å². The van der Waals surface area contributed by atoms with Gasteiger partial charge in [-0.15, -0.1) is 0 Å². The highest BCUT2D eigenvalue weighted by atomic mass is 16.3. The van der Waals surface area contributed by atoms with Crippen molar-refractivity contribution in [3.63, 3.8) is 0 Å². The molecule has 0 amide bonds. The number of aliphatic hydroxyl groups excluding tert-OH is 1. The van der Waals surface area contributed by atoms with Gasteiger partial charge in [-0.05, 0) is 24.6 Å². The first kappa shape index (κ1) is 13.5. The zero-order valence-corrected chi connectivity index (χ0v) is 11.1. The summed E-state index contributed by atoms with van der Waals surface area (Å²) >= 11 is 0. The number of aliphatic hydroxyl groups is 1. The van der Waals surface area contributed by atoms with Gasteiger partial charge in [0.15, 0.2) is 0 Å². The van der Waals surface area contributed by atoms with Crippen LogP contribution in [-0.4, -0.2) is 59.2 Å². The molecule has 0 aliphatic carbocycles. The van der Waals surface area contributed by atoms with Crippen molar-refractivity contribution < 1.29 is 5.11 Å². The number of piperazine rings is 1. The quantitative estimate of drug-likeness (QED) is 0.849. The molecule has 1 aliphatic heterocycles. The molecule has 1 N–H and O–H groups in total. The van der Waals surface area contributed by atoms with Gasteiger partial charge in [-0.3, -0.25) is 9.88 Å². The average Bonchev–Trinajstić information content (AvgIpc) is 2.43. The third-order valence-electron chi connectivity index (χ3n) is 3.63. The first-order chi connectivity index (χ1) is 8.85. The molecule has 1 saturated heterocycles. The van der Waals surface area contributed by atoms with Crippen molar-refractivity contribution >= 4 is 0 Å². The molecule has 4 nitrogen and oxygen atoms in total. The molecule has 100 valence electrons. The van der Waals surface area contributed by atoms with Crippen LogP contribution in [0.25, 0.3) is 0 Å². The number of rotatable bonds is 5. The second kappa shape index (κ2) is 6.83. The highest BCUT2D eigenvalue weighted by molar-refractivity contribution is 5.14. The SMILES string of the molecule is CCCN1CCN(C(CO)c2cccnc2)CC1. The summed E-state index contributed by atoms with van der Waals surface area (Å²) in [6, 6.07) is 4.08. The van der Waals surface area contributed by atoms with Gasteiger partial charge < -0.3 is 10.0 Å². The molecule has 1 fully saturated rings. The van der Waals surface area contributed by atoms with Crippen LogP contribution < -0.4 is 0 Å². The van der Waals surface area contributed by atoms with Crippen LogP contribution >= 0.6 is 0 Å². The summed E-state index contributed by atoms with van der Waals surface area (Å²) in [5, 5.41) is 9.62. The Balaban J connectivity index is 1.95. The molecule has 0 saturated carbocycles. The van der Waals surface area contributed by atoms with Crippen molar-refractivity contribution in [1.29, 1.82) is 0 Å². The maximum atomic E-state index is 9.62. The van der Waals surface area contributed by atoms with Gasteiger partial charge in [0.1, 0.15) is 0 Å². The predicted octanol–water partition coefficient (Wildman–Crippen LogP) is 1.14. The fourth-order valence-electron chi connectivity index (χ4n) is 2.62. The van der Waals surface area contributed by atoms with Crippen LogP contribution in [0.5, 0.6) is 0 Å². The van der Waals surface area contributed by atoms with Crippen LogP contribution in [0.15, 0.2) is 24.5 Å². The van der Waals surface area contributed by atoms with E-state index in [0.717, 1.165) is 31.7 Å². The lowest BCUT2D eigenvalue weighted by atomic mass is 10.1. The zero-order valence-electron chi connectivity index (χ0n) is 11.1. The van der Waals surface area contributed by atoms with E-state index in [1.54, 1.807) is 6.20 Å². The Morgan fingerprint density at radius 1 is 1.33 bits per heavy atom. The van der Waals surface area contributed by atoms with Gasteiger partial charge in [0, 0.05) is 38.6 Å². The number of aromatic nitrogens is 1. The normalized spacial score (nSPS) is 19.9. The number of nitrogens with zero attached hydrogens (tertiary/aromatic N) is 3. The fourth-order valence-corrected chi connectivity index (χ4v) is 2.62. The summed E-state index contributed by atoms with van der Waals surface area (Å²) in [5.41, 5.74) is 1.11. The van der Waals surface area contributed by atoms with Crippen molar-refractivity contribution in [2.75, 3.05) is 39.3 Å². The summed E-state index contributed by atoms with van der Waals surface area (Å²) in [5.74, 6) is 0. The van der Waals surface area contributed by atoms with Crippen molar-refractivity contribution in [3.05, 3.63) is 30.1 Å². The minimum atomic E-state index is 0.0995. The van der Waals surface area contributed by atoms with E-state index in [0.29, 0.717) is 0 Å². The summed E-state index contributed by atoms with van der Waals surface area (Å²) in [7, 11) is 0. The molecule has 2 heterocycles. The van der Waals surface area contributed by atoms with E-state index < -0.39 is 0 Å². The first-order valence-corrected chi connectivity index (χ1v) is 6.82. The van der Waals surface area contributed by atoms with Crippen LogP contribution in [0.1, 0.15) is 24.9 Å². The van der Waals surface area contributed by atoms with Gasteiger partial charge in [-0.25, -0.2) is 0 Å². The van der Waals surface area contributed by atoms with E-state index >= 15 is 0 Å². The Kier molecular flexibility index (Phi) is 5.11. The minimum Gasteiger partial charge on any atom is -0.394 e. The lowest BCUT2D eigenvalue weighted by Gasteiger charge is -2.38. The molecule has 1 unspecified atom stereocenters. The molecule has 0 bridgehead atoms. The third-order valence-corrected chi connectivity index (χ3v) is 3.63. The van der Waals surface area contributed by atoms with Gasteiger partial charge >= 0.3 is 0 Å². The van der Waals surface area contributed by atoms with E-state index in [9.17, 15) is 5.11 Å². The van der Waals surface area contributed by atoms with Crippen LogP contribution in [0.4, 0.5) is 0 Å². The molecular formula is C14H23N3O. The summed E-state index contributed by atoms with van der Waals surface area (Å²) in [4.78, 5) is 9.00. The Hall–Kier alpha value is -0.970. The van der Waals surface area contributed by atoms with Crippen LogP contribution in [0.2, 0.25) is 0 Å². The van der Waals surface area contributed by atoms with E-state index in [4.69, 9.17) is 0 Å². The first-order valence-electron chi connectivity index (χ1n) is 6.82. The average molecular weight is 249 g/mol. The maximum absolute atomic E-state index is 9.62. The molecule has 1 aromatic heterocycles. The molecule has 18 heavy (non-hydrogen) atoms. The van der Waals surface area contributed by atoms with Gasteiger partial charge in [0.05, 0.1) is 12.6 Å². The van der Waals surface area contributed by atoms with E-state index in [2.05, 4.69) is 21.7 Å². The molecule has 0 aromatic carbocycles. The van der Waals surface area contributed by atoms with Gasteiger partial charge in [-0.2, -0.15) is 0 Å². The molecule has 0 spiro atoms. The third kappa shape index (κ3) is 3.28. The number of hydrogen-bond donors (Lipinski definition) is 1. The summed E-state index contributed by atoms with van der Waals surface area (Å²) in [6.45, 7) is 7.83. The Morgan fingerprint density at radius 2 is 2.11 bits per heavy atom. The van der Waals surface area contributed by atoms with Crippen LogP contribution in [0, 0.1) is 0 Å².